The second-order valence-corrected chi connectivity index (χ2v) is 3.45. The molecule has 0 fully saturated rings. The molecule has 0 radical (unpaired) electrons. The zero-order chi connectivity index (χ0) is 11.4. The van der Waals surface area contributed by atoms with Crippen LogP contribution >= 0.6 is 0 Å². The predicted molar refractivity (Wildman–Crippen MR) is 55.8 cm³/mol. The average Bonchev–Trinajstić information content (AvgIpc) is 2.17. The van der Waals surface area contributed by atoms with Gasteiger partial charge in [-0.2, -0.15) is 0 Å². The third kappa shape index (κ3) is 2.92. The number of carbonyl (C=O) groups is 1. The van der Waals surface area contributed by atoms with Gasteiger partial charge in [-0.1, -0.05) is 0 Å². The number of pyridine rings is 1. The van der Waals surface area contributed by atoms with E-state index in [-0.39, 0.29) is 23.6 Å². The van der Waals surface area contributed by atoms with E-state index in [0.29, 0.717) is 5.69 Å². The third-order valence-electron chi connectivity index (χ3n) is 1.95. The molecular weight excluding hydrogens is 196 g/mol. The second-order valence-electron chi connectivity index (χ2n) is 3.45. The van der Waals surface area contributed by atoms with Gasteiger partial charge in [0.25, 0.3) is 5.91 Å². The van der Waals surface area contributed by atoms with Crippen molar-refractivity contribution in [3.05, 3.63) is 33.7 Å². The number of aromatic nitrogens is 1. The maximum absolute atomic E-state index is 11.5. The summed E-state index contributed by atoms with van der Waals surface area (Å²) in [6, 6.07) is 0.997. The predicted octanol–water partition coefficient (Wildman–Crippen LogP) is -0.206. The van der Waals surface area contributed by atoms with Crippen LogP contribution < -0.4 is 10.7 Å². The zero-order valence-corrected chi connectivity index (χ0v) is 8.70. The fraction of sp³-hybridized carbons (Fsp3) is 0.400. The summed E-state index contributed by atoms with van der Waals surface area (Å²) in [5, 5.41) is 11.2. The SMILES string of the molecule is Cc1cc(=O)c(C(=O)N[C@H](C)CO)c[nH]1. The maximum Gasteiger partial charge on any atom is 0.257 e. The molecule has 1 heterocycles. The number of H-pyrrole nitrogens is 1. The van der Waals surface area contributed by atoms with Gasteiger partial charge in [0, 0.05) is 24.0 Å². The summed E-state index contributed by atoms with van der Waals surface area (Å²) in [6.45, 7) is 3.23. The lowest BCUT2D eigenvalue weighted by Crippen LogP contribution is -2.37. The van der Waals surface area contributed by atoms with E-state index in [9.17, 15) is 9.59 Å². The highest BCUT2D eigenvalue weighted by Crippen LogP contribution is 1.93. The molecular formula is C10H14N2O3. The molecule has 0 bridgehead atoms. The number of rotatable bonds is 3. The Hall–Kier alpha value is -1.62. The first-order chi connectivity index (χ1) is 7.04. The van der Waals surface area contributed by atoms with E-state index >= 15 is 0 Å². The van der Waals surface area contributed by atoms with Gasteiger partial charge >= 0.3 is 0 Å². The minimum absolute atomic E-state index is 0.0564. The van der Waals surface area contributed by atoms with Crippen molar-refractivity contribution in [2.75, 3.05) is 6.61 Å². The number of aliphatic hydroxyl groups excluding tert-OH is 1. The average molecular weight is 210 g/mol. The Balaban J connectivity index is 2.88. The van der Waals surface area contributed by atoms with Gasteiger partial charge in [-0.15, -0.1) is 0 Å². The van der Waals surface area contributed by atoms with E-state index in [1.807, 2.05) is 0 Å². The molecule has 5 heteroatoms. The van der Waals surface area contributed by atoms with Crippen molar-refractivity contribution >= 4 is 5.91 Å². The van der Waals surface area contributed by atoms with E-state index in [0.717, 1.165) is 0 Å². The Morgan fingerprint density at radius 2 is 2.33 bits per heavy atom. The summed E-state index contributed by atoms with van der Waals surface area (Å²) in [5.74, 6) is -0.474. The fourth-order valence-corrected chi connectivity index (χ4v) is 1.10. The molecule has 0 aromatic carbocycles. The first-order valence-corrected chi connectivity index (χ1v) is 4.65. The lowest BCUT2D eigenvalue weighted by Gasteiger charge is -2.10. The van der Waals surface area contributed by atoms with Gasteiger partial charge in [-0.05, 0) is 13.8 Å². The van der Waals surface area contributed by atoms with Gasteiger partial charge in [0.15, 0.2) is 5.43 Å². The molecule has 0 aliphatic rings. The molecule has 1 rings (SSSR count). The van der Waals surface area contributed by atoms with Crippen molar-refractivity contribution in [1.29, 1.82) is 0 Å². The monoisotopic (exact) mass is 210 g/mol. The van der Waals surface area contributed by atoms with Crippen molar-refractivity contribution < 1.29 is 9.90 Å². The van der Waals surface area contributed by atoms with E-state index in [1.54, 1.807) is 13.8 Å². The molecule has 3 N–H and O–H groups in total. The van der Waals surface area contributed by atoms with Gasteiger partial charge in [0.2, 0.25) is 0 Å². The summed E-state index contributed by atoms with van der Waals surface area (Å²) in [6.07, 6.45) is 1.37. The molecule has 0 saturated carbocycles. The van der Waals surface area contributed by atoms with Crippen LogP contribution in [0.2, 0.25) is 0 Å². The smallest absolute Gasteiger partial charge is 0.257 e. The van der Waals surface area contributed by atoms with Crippen LogP contribution in [0.4, 0.5) is 0 Å². The molecule has 0 spiro atoms. The second kappa shape index (κ2) is 4.75. The topological polar surface area (TPSA) is 82.2 Å². The number of carbonyl (C=O) groups excluding carboxylic acids is 1. The fourth-order valence-electron chi connectivity index (χ4n) is 1.10. The first kappa shape index (κ1) is 11.5. The van der Waals surface area contributed by atoms with E-state index in [1.165, 1.54) is 12.3 Å². The van der Waals surface area contributed by atoms with Crippen molar-refractivity contribution in [3.8, 4) is 0 Å². The Morgan fingerprint density at radius 1 is 1.67 bits per heavy atom. The molecule has 1 amide bonds. The van der Waals surface area contributed by atoms with Gasteiger partial charge in [-0.25, -0.2) is 0 Å². The van der Waals surface area contributed by atoms with Crippen molar-refractivity contribution in [2.24, 2.45) is 0 Å². The molecule has 5 nitrogen and oxygen atoms in total. The number of amides is 1. The molecule has 0 saturated heterocycles. The third-order valence-corrected chi connectivity index (χ3v) is 1.95. The summed E-state index contributed by atoms with van der Waals surface area (Å²) in [4.78, 5) is 25.7. The van der Waals surface area contributed by atoms with Crippen LogP contribution in [0.3, 0.4) is 0 Å². The quantitative estimate of drug-likeness (QED) is 0.645. The van der Waals surface area contributed by atoms with E-state index in [4.69, 9.17) is 5.11 Å². The Morgan fingerprint density at radius 3 is 2.87 bits per heavy atom. The Kier molecular flexibility index (Phi) is 3.62. The van der Waals surface area contributed by atoms with Gasteiger partial charge in [0.1, 0.15) is 5.56 Å². The molecule has 1 aromatic heterocycles. The largest absolute Gasteiger partial charge is 0.394 e. The number of hydrogen-bond acceptors (Lipinski definition) is 3. The highest BCUT2D eigenvalue weighted by molar-refractivity contribution is 5.93. The van der Waals surface area contributed by atoms with E-state index in [2.05, 4.69) is 10.3 Å². The molecule has 0 aliphatic heterocycles. The van der Waals surface area contributed by atoms with Gasteiger partial charge in [0.05, 0.1) is 6.61 Å². The molecule has 82 valence electrons. The van der Waals surface area contributed by atoms with Crippen LogP contribution in [-0.2, 0) is 0 Å². The summed E-state index contributed by atoms with van der Waals surface area (Å²) < 4.78 is 0. The molecule has 1 atom stereocenters. The van der Waals surface area contributed by atoms with Crippen molar-refractivity contribution in [1.82, 2.24) is 10.3 Å². The molecule has 0 aliphatic carbocycles. The Bertz CT molecular complexity index is 411. The number of aliphatic hydroxyl groups is 1. The van der Waals surface area contributed by atoms with E-state index < -0.39 is 5.91 Å². The number of aryl methyl sites for hydroxylation is 1. The lowest BCUT2D eigenvalue weighted by atomic mass is 10.2. The highest BCUT2D eigenvalue weighted by atomic mass is 16.3. The molecule has 15 heavy (non-hydrogen) atoms. The standard InChI is InChI=1S/C10H14N2O3/c1-6-3-9(14)8(4-11-6)10(15)12-7(2)5-13/h3-4,7,13H,5H2,1-2H3,(H,11,14)(H,12,15)/t7-/m1/s1. The molecule has 1 aromatic rings. The number of hydrogen-bond donors (Lipinski definition) is 3. The van der Waals surface area contributed by atoms with Crippen LogP contribution in [0.5, 0.6) is 0 Å². The number of nitrogens with one attached hydrogen (secondary N) is 2. The van der Waals surface area contributed by atoms with Crippen LogP contribution in [0.15, 0.2) is 17.1 Å². The van der Waals surface area contributed by atoms with Crippen molar-refractivity contribution in [2.45, 2.75) is 19.9 Å². The van der Waals surface area contributed by atoms with Crippen LogP contribution in [0.25, 0.3) is 0 Å². The summed E-state index contributed by atoms with van der Waals surface area (Å²) in [5.41, 5.74) is 0.432. The minimum atomic E-state index is -0.474. The zero-order valence-electron chi connectivity index (χ0n) is 8.70. The minimum Gasteiger partial charge on any atom is -0.394 e. The molecule has 0 unspecified atom stereocenters. The first-order valence-electron chi connectivity index (χ1n) is 4.65. The Labute approximate surface area is 87.1 Å². The van der Waals surface area contributed by atoms with Crippen LogP contribution in [-0.4, -0.2) is 28.6 Å². The highest BCUT2D eigenvalue weighted by Gasteiger charge is 2.12. The van der Waals surface area contributed by atoms with Gasteiger partial charge in [-0.3, -0.25) is 9.59 Å². The summed E-state index contributed by atoms with van der Waals surface area (Å²) in [7, 11) is 0. The van der Waals surface area contributed by atoms with Crippen molar-refractivity contribution in [3.63, 3.8) is 0 Å². The maximum atomic E-state index is 11.5. The van der Waals surface area contributed by atoms with Crippen LogP contribution in [0.1, 0.15) is 23.0 Å². The van der Waals surface area contributed by atoms with Gasteiger partial charge < -0.3 is 15.4 Å². The lowest BCUT2D eigenvalue weighted by molar-refractivity contribution is 0.0921. The number of aromatic amines is 1. The normalized spacial score (nSPS) is 12.2. The summed E-state index contributed by atoms with van der Waals surface area (Å²) >= 11 is 0. The van der Waals surface area contributed by atoms with Crippen LogP contribution in [0, 0.1) is 6.92 Å².